The molecular formula is C20H19N5O2. The Hall–Kier alpha value is -3.48. The van der Waals surface area contributed by atoms with E-state index in [0.717, 1.165) is 27.8 Å². The monoisotopic (exact) mass is 361 g/mol. The molecule has 27 heavy (non-hydrogen) atoms. The molecule has 2 aromatic heterocycles. The second-order valence-corrected chi connectivity index (χ2v) is 6.41. The first kappa shape index (κ1) is 17.0. The number of aryl methyl sites for hydroxylation is 3. The van der Waals surface area contributed by atoms with Crippen molar-refractivity contribution in [1.29, 1.82) is 0 Å². The van der Waals surface area contributed by atoms with Crippen LogP contribution in [0.2, 0.25) is 0 Å². The summed E-state index contributed by atoms with van der Waals surface area (Å²) in [6, 6.07) is 15.8. The zero-order chi connectivity index (χ0) is 18.8. The van der Waals surface area contributed by atoms with Crippen molar-refractivity contribution in [3.05, 3.63) is 60.1 Å². The highest BCUT2D eigenvalue weighted by atomic mass is 16.4. The molecule has 2 aromatic carbocycles. The van der Waals surface area contributed by atoms with Crippen LogP contribution in [0.4, 0.5) is 5.69 Å². The van der Waals surface area contributed by atoms with Gasteiger partial charge in [-0.2, -0.15) is 5.10 Å². The average molecular weight is 361 g/mol. The molecule has 0 fully saturated rings. The highest BCUT2D eigenvalue weighted by molar-refractivity contribution is 5.94. The van der Waals surface area contributed by atoms with Gasteiger partial charge >= 0.3 is 0 Å². The van der Waals surface area contributed by atoms with E-state index in [0.29, 0.717) is 18.2 Å². The van der Waals surface area contributed by atoms with Crippen LogP contribution < -0.4 is 5.32 Å². The number of aromatic nitrogens is 4. The molecule has 7 nitrogen and oxygen atoms in total. The molecule has 0 saturated heterocycles. The maximum absolute atomic E-state index is 12.2. The number of amides is 1. The Labute approximate surface area is 156 Å². The molecule has 7 heteroatoms. The maximum atomic E-state index is 12.2. The summed E-state index contributed by atoms with van der Waals surface area (Å²) in [4.78, 5) is 12.2. The van der Waals surface area contributed by atoms with Crippen LogP contribution in [-0.2, 0) is 18.3 Å². The van der Waals surface area contributed by atoms with Crippen LogP contribution in [0, 0.1) is 6.92 Å². The summed E-state index contributed by atoms with van der Waals surface area (Å²) in [7, 11) is 1.82. The lowest BCUT2D eigenvalue weighted by molar-refractivity contribution is -0.116. The van der Waals surface area contributed by atoms with E-state index < -0.39 is 0 Å². The molecule has 2 heterocycles. The minimum absolute atomic E-state index is 0.0959. The van der Waals surface area contributed by atoms with E-state index in [9.17, 15) is 4.79 Å². The van der Waals surface area contributed by atoms with E-state index in [1.54, 1.807) is 4.68 Å². The molecule has 0 saturated carbocycles. The lowest BCUT2D eigenvalue weighted by atomic mass is 10.1. The summed E-state index contributed by atoms with van der Waals surface area (Å²) in [5.74, 6) is 0.738. The highest BCUT2D eigenvalue weighted by Crippen LogP contribution is 2.20. The first-order chi connectivity index (χ1) is 13.1. The lowest BCUT2D eigenvalue weighted by Crippen LogP contribution is -2.12. The summed E-state index contributed by atoms with van der Waals surface area (Å²) < 4.78 is 7.35. The van der Waals surface area contributed by atoms with Crippen LogP contribution in [0.25, 0.3) is 22.4 Å². The van der Waals surface area contributed by atoms with Crippen molar-refractivity contribution in [2.45, 2.75) is 19.8 Å². The standard InChI is InChI=1S/C20H19N5O2/c1-13-11-17(25(2)24-13)20-23-22-19(27-20)10-9-18(26)21-16-8-7-14-5-3-4-6-15(14)12-16/h3-8,11-12H,9-10H2,1-2H3,(H,21,26). The van der Waals surface area contributed by atoms with Crippen LogP contribution >= 0.6 is 0 Å². The highest BCUT2D eigenvalue weighted by Gasteiger charge is 2.14. The minimum atomic E-state index is -0.0959. The van der Waals surface area contributed by atoms with Crippen LogP contribution in [-0.4, -0.2) is 25.9 Å². The number of anilines is 1. The van der Waals surface area contributed by atoms with E-state index >= 15 is 0 Å². The lowest BCUT2D eigenvalue weighted by Gasteiger charge is -2.06. The first-order valence-electron chi connectivity index (χ1n) is 8.70. The van der Waals surface area contributed by atoms with E-state index in [1.807, 2.05) is 62.5 Å². The largest absolute Gasteiger partial charge is 0.419 e. The zero-order valence-electron chi connectivity index (χ0n) is 15.1. The number of benzene rings is 2. The summed E-state index contributed by atoms with van der Waals surface area (Å²) in [6.45, 7) is 1.90. The number of carbonyl (C=O) groups is 1. The predicted octanol–water partition coefficient (Wildman–Crippen LogP) is 3.50. The van der Waals surface area contributed by atoms with E-state index in [1.165, 1.54) is 0 Å². The first-order valence-corrected chi connectivity index (χ1v) is 8.70. The van der Waals surface area contributed by atoms with Crippen LogP contribution in [0.3, 0.4) is 0 Å². The number of hydrogen-bond acceptors (Lipinski definition) is 5. The number of nitrogens with zero attached hydrogens (tertiary/aromatic N) is 4. The molecule has 1 N–H and O–H groups in total. The molecule has 0 aliphatic heterocycles. The topological polar surface area (TPSA) is 85.8 Å². The molecule has 0 aliphatic carbocycles. The Balaban J connectivity index is 1.38. The molecule has 136 valence electrons. The Morgan fingerprint density at radius 1 is 1.11 bits per heavy atom. The van der Waals surface area contributed by atoms with E-state index in [4.69, 9.17) is 4.42 Å². The Bertz CT molecular complexity index is 1110. The van der Waals surface area contributed by atoms with Gasteiger partial charge in [-0.3, -0.25) is 9.48 Å². The molecule has 0 spiro atoms. The number of hydrogen-bond donors (Lipinski definition) is 1. The summed E-state index contributed by atoms with van der Waals surface area (Å²) in [5, 5.41) is 17.5. The van der Waals surface area contributed by atoms with Gasteiger partial charge in [0.15, 0.2) is 0 Å². The van der Waals surface area contributed by atoms with Crippen molar-refractivity contribution in [2.75, 3.05) is 5.32 Å². The molecule has 4 rings (SSSR count). The van der Waals surface area contributed by atoms with Gasteiger partial charge in [-0.05, 0) is 35.9 Å². The van der Waals surface area contributed by atoms with Crippen molar-refractivity contribution in [1.82, 2.24) is 20.0 Å². The van der Waals surface area contributed by atoms with Crippen molar-refractivity contribution in [3.8, 4) is 11.6 Å². The van der Waals surface area contributed by atoms with Gasteiger partial charge in [-0.25, -0.2) is 0 Å². The third kappa shape index (κ3) is 3.72. The van der Waals surface area contributed by atoms with Crippen molar-refractivity contribution < 1.29 is 9.21 Å². The van der Waals surface area contributed by atoms with Gasteiger partial charge in [0.25, 0.3) is 5.89 Å². The third-order valence-electron chi connectivity index (χ3n) is 4.29. The second kappa shape index (κ2) is 7.03. The van der Waals surface area contributed by atoms with Crippen LogP contribution in [0.15, 0.2) is 52.9 Å². The van der Waals surface area contributed by atoms with Crippen LogP contribution in [0.5, 0.6) is 0 Å². The fraction of sp³-hybridized carbons (Fsp3) is 0.200. The Kier molecular flexibility index (Phi) is 4.42. The second-order valence-electron chi connectivity index (χ2n) is 6.41. The van der Waals surface area contributed by atoms with Gasteiger partial charge in [-0.1, -0.05) is 30.3 Å². The number of nitrogens with one attached hydrogen (secondary N) is 1. The molecular weight excluding hydrogens is 342 g/mol. The average Bonchev–Trinajstić information content (AvgIpc) is 3.25. The van der Waals surface area contributed by atoms with Crippen LogP contribution in [0.1, 0.15) is 18.0 Å². The van der Waals surface area contributed by atoms with E-state index in [2.05, 4.69) is 20.6 Å². The summed E-state index contributed by atoms with van der Waals surface area (Å²) in [6.07, 6.45) is 0.641. The van der Waals surface area contributed by atoms with Crippen molar-refractivity contribution >= 4 is 22.4 Å². The van der Waals surface area contributed by atoms with Gasteiger partial charge in [0.05, 0.1) is 5.69 Å². The molecule has 4 aromatic rings. The molecule has 0 unspecified atom stereocenters. The minimum Gasteiger partial charge on any atom is -0.419 e. The molecule has 0 atom stereocenters. The predicted molar refractivity (Wildman–Crippen MR) is 102 cm³/mol. The van der Waals surface area contributed by atoms with E-state index in [-0.39, 0.29) is 12.3 Å². The van der Waals surface area contributed by atoms with Gasteiger partial charge in [0.1, 0.15) is 5.69 Å². The normalized spacial score (nSPS) is 11.0. The molecule has 0 aliphatic rings. The Morgan fingerprint density at radius 2 is 1.93 bits per heavy atom. The fourth-order valence-electron chi connectivity index (χ4n) is 2.98. The number of fused-ring (bicyclic) bond motifs is 1. The maximum Gasteiger partial charge on any atom is 0.265 e. The SMILES string of the molecule is Cc1cc(-c2nnc(CCC(=O)Nc3ccc4ccccc4c3)o2)n(C)n1. The van der Waals surface area contributed by atoms with Crippen molar-refractivity contribution in [2.24, 2.45) is 7.05 Å². The zero-order valence-corrected chi connectivity index (χ0v) is 15.1. The van der Waals surface area contributed by atoms with Gasteiger partial charge < -0.3 is 9.73 Å². The third-order valence-corrected chi connectivity index (χ3v) is 4.29. The molecule has 0 bridgehead atoms. The summed E-state index contributed by atoms with van der Waals surface area (Å²) in [5.41, 5.74) is 2.41. The fourth-order valence-corrected chi connectivity index (χ4v) is 2.98. The quantitative estimate of drug-likeness (QED) is 0.588. The number of carbonyl (C=O) groups excluding carboxylic acids is 1. The van der Waals surface area contributed by atoms with Gasteiger partial charge in [0.2, 0.25) is 11.8 Å². The van der Waals surface area contributed by atoms with Gasteiger partial charge in [-0.15, -0.1) is 10.2 Å². The van der Waals surface area contributed by atoms with Gasteiger partial charge in [0, 0.05) is 25.6 Å². The Morgan fingerprint density at radius 3 is 2.70 bits per heavy atom. The summed E-state index contributed by atoms with van der Waals surface area (Å²) >= 11 is 0. The van der Waals surface area contributed by atoms with Crippen molar-refractivity contribution in [3.63, 3.8) is 0 Å². The molecule has 1 amide bonds. The molecule has 0 radical (unpaired) electrons. The smallest absolute Gasteiger partial charge is 0.265 e. The number of rotatable bonds is 5.